The first kappa shape index (κ1) is 21.6. The summed E-state index contributed by atoms with van der Waals surface area (Å²) in [6.45, 7) is 2.92. The predicted octanol–water partition coefficient (Wildman–Crippen LogP) is 5.69. The van der Waals surface area contributed by atoms with E-state index >= 15 is 0 Å². The average Bonchev–Trinajstić information content (AvgIpc) is 2.77. The lowest BCUT2D eigenvalue weighted by Gasteiger charge is -2.17. The Bertz CT molecular complexity index is 994. The molecule has 0 saturated carbocycles. The van der Waals surface area contributed by atoms with Crippen molar-refractivity contribution in [3.63, 3.8) is 0 Å². The van der Waals surface area contributed by atoms with E-state index in [1.807, 2.05) is 24.3 Å². The van der Waals surface area contributed by atoms with Gasteiger partial charge in [0, 0.05) is 35.8 Å². The average molecular weight is 427 g/mol. The van der Waals surface area contributed by atoms with Crippen molar-refractivity contribution in [1.82, 2.24) is 5.32 Å². The number of nitrogens with zero attached hydrogens (tertiary/aromatic N) is 1. The van der Waals surface area contributed by atoms with Gasteiger partial charge in [-0.1, -0.05) is 41.9 Å². The van der Waals surface area contributed by atoms with E-state index in [2.05, 4.69) is 24.4 Å². The summed E-state index contributed by atoms with van der Waals surface area (Å²) in [7, 11) is 1.58. The summed E-state index contributed by atoms with van der Waals surface area (Å²) in [6.07, 6.45) is 0. The second-order valence-corrected chi connectivity index (χ2v) is 7.23. The van der Waals surface area contributed by atoms with Gasteiger partial charge in [0.2, 0.25) is 0 Å². The standard InChI is InChI=1S/C23H23ClN2O4/c1-16(18-6-4-3-5-7-18)25-14-19-12-22(29-2)23(13-21(19)24)30-15-17-8-10-20(11-9-17)26(27)28/h3-13,16,25H,14-15H2,1-2H3. The van der Waals surface area contributed by atoms with Crippen molar-refractivity contribution < 1.29 is 14.4 Å². The lowest BCUT2D eigenvalue weighted by molar-refractivity contribution is -0.384. The molecule has 7 heteroatoms. The molecule has 3 rings (SSSR count). The SMILES string of the molecule is COc1cc(CNC(C)c2ccccc2)c(Cl)cc1OCc1ccc([N+](=O)[O-])cc1. The highest BCUT2D eigenvalue weighted by atomic mass is 35.5. The van der Waals surface area contributed by atoms with Crippen LogP contribution in [0.3, 0.4) is 0 Å². The van der Waals surface area contributed by atoms with Crippen LogP contribution in [0.2, 0.25) is 5.02 Å². The van der Waals surface area contributed by atoms with Crippen molar-refractivity contribution in [3.8, 4) is 11.5 Å². The third kappa shape index (κ3) is 5.49. The van der Waals surface area contributed by atoms with E-state index < -0.39 is 4.92 Å². The summed E-state index contributed by atoms with van der Waals surface area (Å²) in [5.41, 5.74) is 2.95. The van der Waals surface area contributed by atoms with Crippen LogP contribution in [0.1, 0.15) is 29.7 Å². The van der Waals surface area contributed by atoms with Crippen LogP contribution in [0.15, 0.2) is 66.7 Å². The molecule has 3 aromatic rings. The number of hydrogen-bond acceptors (Lipinski definition) is 5. The van der Waals surface area contributed by atoms with E-state index in [4.69, 9.17) is 21.1 Å². The molecule has 1 unspecified atom stereocenters. The highest BCUT2D eigenvalue weighted by Crippen LogP contribution is 2.34. The predicted molar refractivity (Wildman–Crippen MR) is 117 cm³/mol. The molecule has 0 aliphatic rings. The lowest BCUT2D eigenvalue weighted by atomic mass is 10.1. The van der Waals surface area contributed by atoms with Crippen LogP contribution in [0.25, 0.3) is 0 Å². The second-order valence-electron chi connectivity index (χ2n) is 6.82. The molecule has 0 radical (unpaired) electrons. The molecule has 1 atom stereocenters. The Labute approximate surface area is 180 Å². The number of hydrogen-bond donors (Lipinski definition) is 1. The molecule has 0 bridgehead atoms. The number of halogens is 1. The minimum Gasteiger partial charge on any atom is -0.493 e. The first-order valence-corrected chi connectivity index (χ1v) is 9.86. The van der Waals surface area contributed by atoms with Gasteiger partial charge < -0.3 is 14.8 Å². The highest BCUT2D eigenvalue weighted by molar-refractivity contribution is 6.31. The third-order valence-corrected chi connectivity index (χ3v) is 5.12. The molecule has 30 heavy (non-hydrogen) atoms. The van der Waals surface area contributed by atoms with Gasteiger partial charge in [-0.2, -0.15) is 0 Å². The van der Waals surface area contributed by atoms with Crippen molar-refractivity contribution in [2.75, 3.05) is 7.11 Å². The topological polar surface area (TPSA) is 73.6 Å². The number of benzene rings is 3. The van der Waals surface area contributed by atoms with Gasteiger partial charge in [0.05, 0.1) is 12.0 Å². The van der Waals surface area contributed by atoms with Crippen LogP contribution in [0, 0.1) is 10.1 Å². The van der Waals surface area contributed by atoms with Crippen LogP contribution in [0.5, 0.6) is 11.5 Å². The van der Waals surface area contributed by atoms with E-state index in [-0.39, 0.29) is 18.3 Å². The summed E-state index contributed by atoms with van der Waals surface area (Å²) in [4.78, 5) is 10.3. The Morgan fingerprint density at radius 3 is 2.40 bits per heavy atom. The number of ether oxygens (including phenoxy) is 2. The molecule has 1 N–H and O–H groups in total. The Morgan fingerprint density at radius 2 is 1.77 bits per heavy atom. The molecule has 156 valence electrons. The third-order valence-electron chi connectivity index (χ3n) is 4.77. The number of nitro groups is 1. The molecular formula is C23H23ClN2O4. The molecule has 0 aliphatic heterocycles. The summed E-state index contributed by atoms with van der Waals surface area (Å²) in [5.74, 6) is 1.09. The fourth-order valence-electron chi connectivity index (χ4n) is 2.98. The van der Waals surface area contributed by atoms with Crippen molar-refractivity contribution in [2.45, 2.75) is 26.1 Å². The summed E-state index contributed by atoms with van der Waals surface area (Å²) in [6, 6.07) is 20.2. The number of methoxy groups -OCH3 is 1. The van der Waals surface area contributed by atoms with E-state index in [9.17, 15) is 10.1 Å². The van der Waals surface area contributed by atoms with Gasteiger partial charge in [-0.3, -0.25) is 10.1 Å². The molecule has 0 amide bonds. The van der Waals surface area contributed by atoms with Crippen LogP contribution >= 0.6 is 11.6 Å². The molecule has 0 aliphatic carbocycles. The maximum Gasteiger partial charge on any atom is 0.269 e. The molecular weight excluding hydrogens is 404 g/mol. The van der Waals surface area contributed by atoms with Gasteiger partial charge in [-0.15, -0.1) is 0 Å². The van der Waals surface area contributed by atoms with Crippen molar-refractivity contribution in [3.05, 3.63) is 98.6 Å². The second kappa shape index (κ2) is 10.1. The summed E-state index contributed by atoms with van der Waals surface area (Å²) < 4.78 is 11.3. The first-order valence-electron chi connectivity index (χ1n) is 9.49. The summed E-state index contributed by atoms with van der Waals surface area (Å²) in [5, 5.41) is 14.8. The normalized spacial score (nSPS) is 11.7. The Kier molecular flexibility index (Phi) is 7.27. The molecule has 0 fully saturated rings. The molecule has 0 heterocycles. The Hall–Kier alpha value is -3.09. The zero-order chi connectivity index (χ0) is 21.5. The summed E-state index contributed by atoms with van der Waals surface area (Å²) >= 11 is 6.47. The maximum atomic E-state index is 10.8. The number of nitro benzene ring substituents is 1. The van der Waals surface area contributed by atoms with E-state index in [1.165, 1.54) is 17.7 Å². The van der Waals surface area contributed by atoms with Crippen molar-refractivity contribution in [1.29, 1.82) is 0 Å². The van der Waals surface area contributed by atoms with Gasteiger partial charge in [0.25, 0.3) is 5.69 Å². The fourth-order valence-corrected chi connectivity index (χ4v) is 3.20. The molecule has 0 aromatic heterocycles. The maximum absolute atomic E-state index is 10.8. The van der Waals surface area contributed by atoms with Gasteiger partial charge >= 0.3 is 0 Å². The minimum absolute atomic E-state index is 0.0426. The zero-order valence-electron chi connectivity index (χ0n) is 16.8. The van der Waals surface area contributed by atoms with E-state index in [0.717, 1.165) is 11.1 Å². The Morgan fingerprint density at radius 1 is 1.07 bits per heavy atom. The van der Waals surface area contributed by atoms with E-state index in [1.54, 1.807) is 25.3 Å². The van der Waals surface area contributed by atoms with Crippen LogP contribution in [-0.2, 0) is 13.2 Å². The van der Waals surface area contributed by atoms with Crippen molar-refractivity contribution in [2.24, 2.45) is 0 Å². The molecule has 6 nitrogen and oxygen atoms in total. The smallest absolute Gasteiger partial charge is 0.269 e. The number of rotatable bonds is 9. The van der Waals surface area contributed by atoms with Gasteiger partial charge in [-0.25, -0.2) is 0 Å². The van der Waals surface area contributed by atoms with Gasteiger partial charge in [0.15, 0.2) is 11.5 Å². The largest absolute Gasteiger partial charge is 0.493 e. The zero-order valence-corrected chi connectivity index (χ0v) is 17.6. The first-order chi connectivity index (χ1) is 14.5. The van der Waals surface area contributed by atoms with Crippen molar-refractivity contribution >= 4 is 17.3 Å². The number of nitrogens with one attached hydrogen (secondary N) is 1. The van der Waals surface area contributed by atoms with Crippen LogP contribution < -0.4 is 14.8 Å². The van der Waals surface area contributed by atoms with Gasteiger partial charge in [-0.05, 0) is 41.8 Å². The highest BCUT2D eigenvalue weighted by Gasteiger charge is 2.13. The van der Waals surface area contributed by atoms with Crippen LogP contribution in [0.4, 0.5) is 5.69 Å². The Balaban J connectivity index is 1.66. The monoisotopic (exact) mass is 426 g/mol. The van der Waals surface area contributed by atoms with Gasteiger partial charge in [0.1, 0.15) is 6.61 Å². The molecule has 0 spiro atoms. The van der Waals surface area contributed by atoms with Crippen LogP contribution in [-0.4, -0.2) is 12.0 Å². The fraction of sp³-hybridized carbons (Fsp3) is 0.217. The molecule has 3 aromatic carbocycles. The number of non-ortho nitro benzene ring substituents is 1. The quantitative estimate of drug-likeness (QED) is 0.351. The van der Waals surface area contributed by atoms with E-state index in [0.29, 0.717) is 23.1 Å². The minimum atomic E-state index is -0.432. The lowest BCUT2D eigenvalue weighted by Crippen LogP contribution is -2.18. The molecule has 0 saturated heterocycles.